The van der Waals surface area contributed by atoms with Crippen LogP contribution in [0.25, 0.3) is 0 Å². The van der Waals surface area contributed by atoms with Gasteiger partial charge in [-0.05, 0) is 63.1 Å². The molecule has 1 aliphatic heterocycles. The Morgan fingerprint density at radius 2 is 1.63 bits per heavy atom. The lowest BCUT2D eigenvalue weighted by atomic mass is 9.70. The summed E-state index contributed by atoms with van der Waals surface area (Å²) in [5.74, 6) is -0.441. The number of carboxylic acid groups (broad SMARTS) is 1. The van der Waals surface area contributed by atoms with E-state index in [-0.39, 0.29) is 18.1 Å². The molecule has 2 aromatic rings. The number of aryl methyl sites for hydroxylation is 1. The van der Waals surface area contributed by atoms with Crippen LogP contribution in [0.1, 0.15) is 73.6 Å². The van der Waals surface area contributed by atoms with E-state index in [9.17, 15) is 19.5 Å². The Hall–Kier alpha value is -4.13. The number of hydrogen-bond donors (Lipinski definition) is 1. The maximum Gasteiger partial charge on any atom is 0.323 e. The quantitative estimate of drug-likeness (QED) is 0.349. The Bertz CT molecular complexity index is 1400. The number of benzene rings is 2. The molecule has 1 N–H and O–H groups in total. The first-order chi connectivity index (χ1) is 19.8. The van der Waals surface area contributed by atoms with Crippen LogP contribution in [0.2, 0.25) is 0 Å². The Balaban J connectivity index is 1.66. The van der Waals surface area contributed by atoms with Gasteiger partial charge >= 0.3 is 5.97 Å². The monoisotopic (exact) mass is 555 g/mol. The van der Waals surface area contributed by atoms with Crippen LogP contribution in [0.4, 0.5) is 0 Å². The van der Waals surface area contributed by atoms with Crippen LogP contribution in [0, 0.1) is 6.92 Å². The van der Waals surface area contributed by atoms with E-state index in [1.54, 1.807) is 11.0 Å². The molecule has 0 bridgehead atoms. The highest BCUT2D eigenvalue weighted by atomic mass is 16.5. The highest BCUT2D eigenvalue weighted by Crippen LogP contribution is 2.50. The van der Waals surface area contributed by atoms with Gasteiger partial charge in [0.15, 0.2) is 23.1 Å². The van der Waals surface area contributed by atoms with E-state index in [4.69, 9.17) is 9.47 Å². The van der Waals surface area contributed by atoms with Gasteiger partial charge in [-0.1, -0.05) is 42.0 Å². The number of Topliss-reactive ketones (excluding diaryl/α,β-unsaturated/α-hetero) is 2. The topological polar surface area (TPSA) is 93.1 Å². The van der Waals surface area contributed by atoms with Crippen molar-refractivity contribution >= 4 is 17.5 Å². The molecule has 3 aliphatic rings. The first kappa shape index (κ1) is 28.4. The van der Waals surface area contributed by atoms with Gasteiger partial charge in [0.05, 0.1) is 6.61 Å². The second-order valence-electron chi connectivity index (χ2n) is 10.9. The molecule has 1 heterocycles. The van der Waals surface area contributed by atoms with Gasteiger partial charge in [-0.2, -0.15) is 0 Å². The van der Waals surface area contributed by atoms with Crippen molar-refractivity contribution in [3.8, 4) is 11.5 Å². The molecule has 0 amide bonds. The van der Waals surface area contributed by atoms with Gasteiger partial charge in [0.25, 0.3) is 0 Å². The lowest BCUT2D eigenvalue weighted by molar-refractivity contribution is -0.138. The number of carbonyl (C=O) groups is 3. The first-order valence-electron chi connectivity index (χ1n) is 14.4. The van der Waals surface area contributed by atoms with E-state index < -0.39 is 11.9 Å². The molecule has 41 heavy (non-hydrogen) atoms. The molecule has 0 atom stereocenters. The van der Waals surface area contributed by atoms with Crippen molar-refractivity contribution in [2.45, 2.75) is 71.3 Å². The Morgan fingerprint density at radius 1 is 1.00 bits per heavy atom. The lowest BCUT2D eigenvalue weighted by Gasteiger charge is -2.43. The molecule has 0 saturated carbocycles. The maximum atomic E-state index is 13.6. The van der Waals surface area contributed by atoms with Crippen LogP contribution >= 0.6 is 0 Å². The smallest absolute Gasteiger partial charge is 0.323 e. The number of nitrogens with zero attached hydrogens (tertiary/aromatic N) is 1. The van der Waals surface area contributed by atoms with Crippen molar-refractivity contribution in [2.24, 2.45) is 0 Å². The van der Waals surface area contributed by atoms with Crippen molar-refractivity contribution in [1.29, 1.82) is 0 Å². The Labute approximate surface area is 241 Å². The summed E-state index contributed by atoms with van der Waals surface area (Å²) in [5, 5.41) is 9.73. The molecule has 7 heteroatoms. The third kappa shape index (κ3) is 5.71. The van der Waals surface area contributed by atoms with Crippen LogP contribution in [-0.2, 0) is 27.4 Å². The molecule has 0 aromatic heterocycles. The summed E-state index contributed by atoms with van der Waals surface area (Å²) in [6.45, 7) is 8.41. The predicted octanol–water partition coefficient (Wildman–Crippen LogP) is 6.20. The maximum absolute atomic E-state index is 13.6. The summed E-state index contributed by atoms with van der Waals surface area (Å²) < 4.78 is 12.5. The average molecular weight is 556 g/mol. The van der Waals surface area contributed by atoms with Crippen LogP contribution in [0.5, 0.6) is 11.5 Å². The van der Waals surface area contributed by atoms with Crippen LogP contribution in [0.3, 0.4) is 0 Å². The predicted molar refractivity (Wildman–Crippen MR) is 156 cm³/mol. The highest BCUT2D eigenvalue weighted by molar-refractivity contribution is 6.06. The van der Waals surface area contributed by atoms with E-state index in [1.165, 1.54) is 5.56 Å². The first-order valence-corrected chi connectivity index (χ1v) is 14.4. The molecule has 5 rings (SSSR count). The number of ether oxygens (including phenoxy) is 2. The number of carboxylic acids is 1. The van der Waals surface area contributed by atoms with E-state index in [1.807, 2.05) is 50.2 Å². The summed E-state index contributed by atoms with van der Waals surface area (Å²) in [7, 11) is 0. The molecule has 2 aromatic carbocycles. The highest BCUT2D eigenvalue weighted by Gasteiger charge is 2.44. The van der Waals surface area contributed by atoms with Crippen molar-refractivity contribution in [3.05, 3.63) is 93.8 Å². The average Bonchev–Trinajstić information content (AvgIpc) is 2.94. The fourth-order valence-electron chi connectivity index (χ4n) is 6.30. The van der Waals surface area contributed by atoms with Crippen molar-refractivity contribution in [1.82, 2.24) is 4.90 Å². The number of carbonyl (C=O) groups excluding carboxylic acids is 2. The van der Waals surface area contributed by atoms with Gasteiger partial charge < -0.3 is 19.5 Å². The molecule has 0 radical (unpaired) electrons. The third-order valence-electron chi connectivity index (χ3n) is 8.04. The molecular weight excluding hydrogens is 518 g/mol. The second kappa shape index (κ2) is 12.2. The SMILES string of the molecule is C=CCc1cc(C2C3=C(CCCC3=O)N(CC(=O)O)C3=C2C(=O)CCC3)cc(OCC)c1OCc1ccc(C)cc1. The summed E-state index contributed by atoms with van der Waals surface area (Å²) in [5.41, 5.74) is 6.42. The molecule has 0 unspecified atom stereocenters. The largest absolute Gasteiger partial charge is 0.490 e. The second-order valence-corrected chi connectivity index (χ2v) is 10.9. The normalized spacial score (nSPS) is 17.4. The van der Waals surface area contributed by atoms with Crippen LogP contribution in [-0.4, -0.2) is 40.7 Å². The van der Waals surface area contributed by atoms with Gasteiger partial charge in [0.1, 0.15) is 13.2 Å². The standard InChI is InChI=1S/C34H37NO6/c1-4-8-23-17-24(18-29(40-5-2)34(23)41-20-22-15-13-21(3)14-16-22)31-32-25(9-6-11-27(32)36)35(19-30(38)39)26-10-7-12-28(37)33(26)31/h4,13-18,31H,1,5-12,19-20H2,2-3H3,(H,38,39). The number of allylic oxidation sites excluding steroid dienone is 5. The molecule has 0 fully saturated rings. The summed E-state index contributed by atoms with van der Waals surface area (Å²) >= 11 is 0. The molecule has 0 saturated heterocycles. The molecular formula is C34H37NO6. The summed E-state index contributed by atoms with van der Waals surface area (Å²) in [4.78, 5) is 40.7. The van der Waals surface area contributed by atoms with Gasteiger partial charge in [-0.3, -0.25) is 14.4 Å². The molecule has 0 spiro atoms. The summed E-state index contributed by atoms with van der Waals surface area (Å²) in [6, 6.07) is 12.1. The van der Waals surface area contributed by atoms with Crippen LogP contribution < -0.4 is 9.47 Å². The fourth-order valence-corrected chi connectivity index (χ4v) is 6.30. The van der Waals surface area contributed by atoms with Crippen LogP contribution in [0.15, 0.2) is 71.6 Å². The lowest BCUT2D eigenvalue weighted by Crippen LogP contribution is -2.41. The summed E-state index contributed by atoms with van der Waals surface area (Å²) in [6.07, 6.45) is 5.59. The number of hydrogen-bond acceptors (Lipinski definition) is 6. The molecule has 7 nitrogen and oxygen atoms in total. The van der Waals surface area contributed by atoms with E-state index >= 15 is 0 Å². The number of rotatable bonds is 10. The number of aliphatic carboxylic acids is 1. The fraction of sp³-hybridized carbons (Fsp3) is 0.382. The van der Waals surface area contributed by atoms with Gasteiger partial charge in [0, 0.05) is 46.9 Å². The van der Waals surface area contributed by atoms with Crippen molar-refractivity contribution in [3.63, 3.8) is 0 Å². The molecule has 214 valence electrons. The zero-order chi connectivity index (χ0) is 29.1. The Morgan fingerprint density at radius 3 is 2.20 bits per heavy atom. The number of ketones is 2. The van der Waals surface area contributed by atoms with Gasteiger partial charge in [-0.15, -0.1) is 6.58 Å². The van der Waals surface area contributed by atoms with E-state index in [2.05, 4.69) is 6.58 Å². The van der Waals surface area contributed by atoms with E-state index in [0.717, 1.165) is 28.1 Å². The zero-order valence-corrected chi connectivity index (χ0v) is 23.8. The minimum Gasteiger partial charge on any atom is -0.490 e. The van der Waals surface area contributed by atoms with Gasteiger partial charge in [0.2, 0.25) is 0 Å². The minimum absolute atomic E-state index is 0.0282. The molecule has 2 aliphatic carbocycles. The van der Waals surface area contributed by atoms with E-state index in [0.29, 0.717) is 80.8 Å². The third-order valence-corrected chi connectivity index (χ3v) is 8.04. The van der Waals surface area contributed by atoms with Crippen molar-refractivity contribution < 1.29 is 29.0 Å². The Kier molecular flexibility index (Phi) is 8.43. The van der Waals surface area contributed by atoms with Crippen molar-refractivity contribution in [2.75, 3.05) is 13.2 Å². The zero-order valence-electron chi connectivity index (χ0n) is 23.8. The van der Waals surface area contributed by atoms with Gasteiger partial charge in [-0.25, -0.2) is 0 Å². The minimum atomic E-state index is -0.986.